The van der Waals surface area contributed by atoms with E-state index in [9.17, 15) is 17.6 Å². The number of rotatable bonds is 5. The molecule has 1 aromatic rings. The monoisotopic (exact) mass is 388 g/mol. The summed E-state index contributed by atoms with van der Waals surface area (Å²) < 4.78 is 52.2. The van der Waals surface area contributed by atoms with Gasteiger partial charge in [-0.2, -0.15) is 13.2 Å². The summed E-state index contributed by atoms with van der Waals surface area (Å²) >= 11 is 0. The average molecular weight is 389 g/mol. The van der Waals surface area contributed by atoms with Gasteiger partial charge in [0.15, 0.2) is 0 Å². The summed E-state index contributed by atoms with van der Waals surface area (Å²) in [4.78, 5) is 2.12. The van der Waals surface area contributed by atoms with Crippen LogP contribution in [0.2, 0.25) is 0 Å². The fourth-order valence-corrected chi connectivity index (χ4v) is 2.78. The van der Waals surface area contributed by atoms with Crippen LogP contribution in [0.25, 0.3) is 0 Å². The van der Waals surface area contributed by atoms with Crippen LogP contribution in [-0.2, 0) is 6.18 Å². The maximum absolute atomic E-state index is 14.2. The Kier molecular flexibility index (Phi) is 9.88. The van der Waals surface area contributed by atoms with Crippen molar-refractivity contribution in [3.05, 3.63) is 47.8 Å². The minimum Gasteiger partial charge on any atom is -0.314 e. The molecule has 0 aliphatic carbocycles. The highest BCUT2D eigenvalue weighted by Gasteiger charge is 2.32. The summed E-state index contributed by atoms with van der Waals surface area (Å²) in [5, 5.41) is 3.22. The molecule has 0 saturated carbocycles. The summed E-state index contributed by atoms with van der Waals surface area (Å²) in [7, 11) is 0. The van der Waals surface area contributed by atoms with Crippen molar-refractivity contribution in [1.29, 1.82) is 0 Å². The second-order valence-corrected chi connectivity index (χ2v) is 5.40. The zero-order valence-corrected chi connectivity index (χ0v) is 14.7. The molecule has 2 nitrogen and oxygen atoms in total. The Bertz CT molecular complexity index is 517. The summed E-state index contributed by atoms with van der Waals surface area (Å²) in [6.07, 6.45) is -1.44. The highest BCUT2D eigenvalue weighted by Crippen LogP contribution is 2.34. The Labute approximate surface area is 152 Å². The molecule has 24 heavy (non-hydrogen) atoms. The molecule has 0 unspecified atom stereocenters. The van der Waals surface area contributed by atoms with E-state index < -0.39 is 17.6 Å². The van der Waals surface area contributed by atoms with Crippen molar-refractivity contribution in [1.82, 2.24) is 10.2 Å². The molecule has 1 atom stereocenters. The van der Waals surface area contributed by atoms with E-state index in [0.717, 1.165) is 32.2 Å². The minimum absolute atomic E-state index is 0. The standard InChI is InChI=1S/C16H20F4N2.2ClH/c1-2-3-4-15(22-9-7-21-8-10-22)13-6-5-12(11-14(13)17)16(18,19)20;;/h2,5-6,11,15,21H,1,3-4,7-10H2;2*1H/t15-;;/m0../s1. The number of hydrogen-bond donors (Lipinski definition) is 1. The summed E-state index contributed by atoms with van der Waals surface area (Å²) in [5.41, 5.74) is -0.617. The van der Waals surface area contributed by atoms with Crippen LogP contribution in [0.1, 0.15) is 30.0 Å². The fourth-order valence-electron chi connectivity index (χ4n) is 2.78. The molecule has 1 fully saturated rings. The van der Waals surface area contributed by atoms with E-state index in [1.165, 1.54) is 6.07 Å². The summed E-state index contributed by atoms with van der Waals surface area (Å²) in [6, 6.07) is 2.61. The smallest absolute Gasteiger partial charge is 0.314 e. The molecular formula is C16H22Cl2F4N2. The van der Waals surface area contributed by atoms with Crippen molar-refractivity contribution in [2.75, 3.05) is 26.2 Å². The van der Waals surface area contributed by atoms with Gasteiger partial charge in [-0.3, -0.25) is 4.90 Å². The number of piperazine rings is 1. The number of nitrogens with one attached hydrogen (secondary N) is 1. The van der Waals surface area contributed by atoms with E-state index in [4.69, 9.17) is 0 Å². The number of hydrogen-bond acceptors (Lipinski definition) is 2. The van der Waals surface area contributed by atoms with E-state index in [1.807, 2.05) is 0 Å². The summed E-state index contributed by atoms with van der Waals surface area (Å²) in [6.45, 7) is 6.77. The normalized spacial score (nSPS) is 16.7. The molecule has 138 valence electrons. The van der Waals surface area contributed by atoms with Crippen LogP contribution in [-0.4, -0.2) is 31.1 Å². The molecule has 1 aliphatic heterocycles. The molecule has 0 amide bonds. The number of benzene rings is 1. The van der Waals surface area contributed by atoms with Crippen LogP contribution < -0.4 is 5.32 Å². The van der Waals surface area contributed by atoms with Gasteiger partial charge in [0.2, 0.25) is 0 Å². The SMILES string of the molecule is C=CCC[C@@H](c1ccc(C(F)(F)F)cc1F)N1CCNCC1.Cl.Cl. The number of alkyl halides is 3. The van der Waals surface area contributed by atoms with Gasteiger partial charge in [0.1, 0.15) is 5.82 Å². The van der Waals surface area contributed by atoms with E-state index >= 15 is 0 Å². The lowest BCUT2D eigenvalue weighted by Gasteiger charge is -2.35. The van der Waals surface area contributed by atoms with Gasteiger partial charge in [-0.05, 0) is 25.0 Å². The first-order chi connectivity index (χ1) is 10.4. The molecule has 1 saturated heterocycles. The van der Waals surface area contributed by atoms with Crippen molar-refractivity contribution in [3.8, 4) is 0 Å². The summed E-state index contributed by atoms with van der Waals surface area (Å²) in [5.74, 6) is -0.789. The predicted octanol–water partition coefficient (Wildman–Crippen LogP) is 4.60. The molecule has 1 heterocycles. The Balaban J connectivity index is 0.00000264. The largest absolute Gasteiger partial charge is 0.416 e. The van der Waals surface area contributed by atoms with Crippen molar-refractivity contribution in [3.63, 3.8) is 0 Å². The highest BCUT2D eigenvalue weighted by atomic mass is 35.5. The third-order valence-electron chi connectivity index (χ3n) is 3.92. The van der Waals surface area contributed by atoms with Crippen LogP contribution in [0.5, 0.6) is 0 Å². The lowest BCUT2D eigenvalue weighted by atomic mass is 9.97. The number of nitrogens with zero attached hydrogens (tertiary/aromatic N) is 1. The Morgan fingerprint density at radius 2 is 1.83 bits per heavy atom. The van der Waals surface area contributed by atoms with E-state index in [0.29, 0.717) is 24.5 Å². The van der Waals surface area contributed by atoms with Gasteiger partial charge in [-0.15, -0.1) is 31.4 Å². The van der Waals surface area contributed by atoms with Crippen molar-refractivity contribution >= 4 is 24.8 Å². The first-order valence-corrected chi connectivity index (χ1v) is 7.36. The van der Waals surface area contributed by atoms with Crippen LogP contribution in [0.15, 0.2) is 30.9 Å². The highest BCUT2D eigenvalue weighted by molar-refractivity contribution is 5.85. The van der Waals surface area contributed by atoms with Gasteiger partial charge in [0.05, 0.1) is 5.56 Å². The average Bonchev–Trinajstić information content (AvgIpc) is 2.49. The molecule has 1 aromatic carbocycles. The predicted molar refractivity (Wildman–Crippen MR) is 92.5 cm³/mol. The first-order valence-electron chi connectivity index (χ1n) is 7.36. The lowest BCUT2D eigenvalue weighted by molar-refractivity contribution is -0.137. The molecule has 1 aliphatic rings. The van der Waals surface area contributed by atoms with E-state index in [1.54, 1.807) is 6.08 Å². The number of allylic oxidation sites excluding steroid dienone is 1. The quantitative estimate of drug-likeness (QED) is 0.585. The molecule has 1 N–H and O–H groups in total. The maximum Gasteiger partial charge on any atom is 0.416 e. The molecular weight excluding hydrogens is 367 g/mol. The second-order valence-electron chi connectivity index (χ2n) is 5.40. The molecule has 8 heteroatoms. The van der Waals surface area contributed by atoms with E-state index in [-0.39, 0.29) is 30.9 Å². The molecule has 2 rings (SSSR count). The second kappa shape index (κ2) is 10.2. The Hall–Kier alpha value is -0.820. The van der Waals surface area contributed by atoms with Crippen LogP contribution >= 0.6 is 24.8 Å². The van der Waals surface area contributed by atoms with Crippen LogP contribution in [0, 0.1) is 5.82 Å². The fraction of sp³-hybridized carbons (Fsp3) is 0.500. The molecule has 0 bridgehead atoms. The van der Waals surface area contributed by atoms with Gasteiger partial charge in [0, 0.05) is 37.8 Å². The zero-order valence-electron chi connectivity index (χ0n) is 13.1. The third kappa shape index (κ3) is 5.92. The van der Waals surface area contributed by atoms with Gasteiger partial charge in [0.25, 0.3) is 0 Å². The van der Waals surface area contributed by atoms with Gasteiger partial charge in [-0.1, -0.05) is 12.1 Å². The molecule has 0 radical (unpaired) electrons. The molecule has 0 spiro atoms. The maximum atomic E-state index is 14.2. The lowest BCUT2D eigenvalue weighted by Crippen LogP contribution is -2.45. The Morgan fingerprint density at radius 3 is 2.33 bits per heavy atom. The third-order valence-corrected chi connectivity index (χ3v) is 3.92. The van der Waals surface area contributed by atoms with Crippen molar-refractivity contribution in [2.45, 2.75) is 25.1 Å². The Morgan fingerprint density at radius 1 is 1.21 bits per heavy atom. The van der Waals surface area contributed by atoms with Crippen molar-refractivity contribution in [2.24, 2.45) is 0 Å². The van der Waals surface area contributed by atoms with Crippen LogP contribution in [0.3, 0.4) is 0 Å². The van der Waals surface area contributed by atoms with Gasteiger partial charge < -0.3 is 5.32 Å². The van der Waals surface area contributed by atoms with E-state index in [2.05, 4.69) is 16.8 Å². The topological polar surface area (TPSA) is 15.3 Å². The molecule has 0 aromatic heterocycles. The zero-order chi connectivity index (χ0) is 16.2. The first kappa shape index (κ1) is 23.2. The minimum atomic E-state index is -4.52. The number of halogens is 6. The van der Waals surface area contributed by atoms with Gasteiger partial charge >= 0.3 is 6.18 Å². The van der Waals surface area contributed by atoms with Crippen LogP contribution in [0.4, 0.5) is 17.6 Å². The van der Waals surface area contributed by atoms with Gasteiger partial charge in [-0.25, -0.2) is 4.39 Å². The van der Waals surface area contributed by atoms with Crippen molar-refractivity contribution < 1.29 is 17.6 Å².